The lowest BCUT2D eigenvalue weighted by molar-refractivity contribution is -0.130. The number of guanidine groups is 1. The molecular formula is C24H39IN4O3. The summed E-state index contributed by atoms with van der Waals surface area (Å²) in [6.45, 7) is 6.73. The second-order valence-electron chi connectivity index (χ2n) is 8.84. The molecule has 0 spiro atoms. The van der Waals surface area contributed by atoms with E-state index in [9.17, 15) is 9.90 Å². The molecule has 1 atom stereocenters. The molecule has 1 amide bonds. The van der Waals surface area contributed by atoms with Crippen molar-refractivity contribution in [2.45, 2.75) is 39.0 Å². The molecule has 3 rings (SSSR count). The van der Waals surface area contributed by atoms with Crippen LogP contribution >= 0.6 is 24.0 Å². The number of aliphatic imine (C=N–C) groups is 1. The number of hydrogen-bond donors (Lipinski definition) is 3. The van der Waals surface area contributed by atoms with Gasteiger partial charge in [-0.25, -0.2) is 4.99 Å². The van der Waals surface area contributed by atoms with Gasteiger partial charge in [-0.3, -0.25) is 4.79 Å². The van der Waals surface area contributed by atoms with Crippen LogP contribution in [-0.4, -0.2) is 74.4 Å². The number of carbonyl (C=O) groups excluding carboxylic acids is 1. The molecule has 1 unspecified atom stereocenters. The van der Waals surface area contributed by atoms with E-state index in [0.717, 1.165) is 51.9 Å². The molecule has 0 aromatic heterocycles. The average molecular weight is 559 g/mol. The van der Waals surface area contributed by atoms with Crippen LogP contribution in [0.5, 0.6) is 0 Å². The Bertz CT molecular complexity index is 702. The minimum absolute atomic E-state index is 0. The van der Waals surface area contributed by atoms with Gasteiger partial charge in [0.2, 0.25) is 5.91 Å². The number of halogens is 1. The lowest BCUT2D eigenvalue weighted by Crippen LogP contribution is -2.45. The first kappa shape index (κ1) is 26.9. The lowest BCUT2D eigenvalue weighted by atomic mass is 9.84. The lowest BCUT2D eigenvalue weighted by Gasteiger charge is -2.32. The van der Waals surface area contributed by atoms with Gasteiger partial charge >= 0.3 is 0 Å². The number of nitrogens with one attached hydrogen (secondary N) is 2. The smallest absolute Gasteiger partial charge is 0.244 e. The van der Waals surface area contributed by atoms with Crippen molar-refractivity contribution in [3.63, 3.8) is 0 Å². The minimum atomic E-state index is -0.0599. The SMILES string of the molecule is CCNC(=NCC(=O)N1CCC(Cc2ccccc2)CC1)NCC1(CCO)CCOC1.I. The summed E-state index contributed by atoms with van der Waals surface area (Å²) in [5.74, 6) is 1.38. The van der Waals surface area contributed by atoms with Crippen LogP contribution in [0.2, 0.25) is 0 Å². The number of rotatable bonds is 9. The number of nitrogens with zero attached hydrogens (tertiary/aromatic N) is 2. The summed E-state index contributed by atoms with van der Waals surface area (Å²) in [7, 11) is 0. The third-order valence-corrected chi connectivity index (χ3v) is 6.51. The Morgan fingerprint density at radius 3 is 2.62 bits per heavy atom. The van der Waals surface area contributed by atoms with E-state index in [1.54, 1.807) is 0 Å². The van der Waals surface area contributed by atoms with E-state index in [1.165, 1.54) is 5.56 Å². The molecule has 32 heavy (non-hydrogen) atoms. The van der Waals surface area contributed by atoms with Crippen molar-refractivity contribution >= 4 is 35.8 Å². The molecule has 8 heteroatoms. The van der Waals surface area contributed by atoms with Gasteiger partial charge in [-0.05, 0) is 50.5 Å². The predicted molar refractivity (Wildman–Crippen MR) is 138 cm³/mol. The second-order valence-corrected chi connectivity index (χ2v) is 8.84. The first-order chi connectivity index (χ1) is 15.1. The Balaban J connectivity index is 0.00000363. The van der Waals surface area contributed by atoms with Crippen LogP contribution in [0, 0.1) is 11.3 Å². The number of hydrogen-bond acceptors (Lipinski definition) is 4. The Morgan fingerprint density at radius 1 is 1.25 bits per heavy atom. The summed E-state index contributed by atoms with van der Waals surface area (Å²) in [4.78, 5) is 19.2. The van der Waals surface area contributed by atoms with Crippen molar-refractivity contribution < 1.29 is 14.6 Å². The molecule has 180 valence electrons. The third kappa shape index (κ3) is 8.19. The zero-order chi connectivity index (χ0) is 21.9. The van der Waals surface area contributed by atoms with Gasteiger partial charge in [0.15, 0.2) is 5.96 Å². The summed E-state index contributed by atoms with van der Waals surface area (Å²) in [6.07, 6.45) is 4.82. The predicted octanol–water partition coefficient (Wildman–Crippen LogP) is 2.43. The van der Waals surface area contributed by atoms with Crippen LogP contribution in [0.1, 0.15) is 38.2 Å². The third-order valence-electron chi connectivity index (χ3n) is 6.51. The van der Waals surface area contributed by atoms with Gasteiger partial charge in [-0.2, -0.15) is 0 Å². The maximum Gasteiger partial charge on any atom is 0.244 e. The summed E-state index contributed by atoms with van der Waals surface area (Å²) < 4.78 is 5.56. The van der Waals surface area contributed by atoms with Gasteiger partial charge in [0.05, 0.1) is 6.61 Å². The molecule has 7 nitrogen and oxygen atoms in total. The van der Waals surface area contributed by atoms with Gasteiger partial charge in [0.1, 0.15) is 6.54 Å². The number of piperidine rings is 1. The molecule has 0 bridgehead atoms. The molecular weight excluding hydrogens is 519 g/mol. The van der Waals surface area contributed by atoms with Crippen molar-refractivity contribution in [2.75, 3.05) is 52.5 Å². The molecule has 0 aliphatic carbocycles. The number of carbonyl (C=O) groups is 1. The molecule has 2 fully saturated rings. The van der Waals surface area contributed by atoms with Gasteiger partial charge < -0.3 is 25.4 Å². The van der Waals surface area contributed by atoms with E-state index in [2.05, 4.69) is 46.0 Å². The summed E-state index contributed by atoms with van der Waals surface area (Å²) in [6, 6.07) is 10.6. The highest BCUT2D eigenvalue weighted by Gasteiger charge is 2.34. The fraction of sp³-hybridized carbons (Fsp3) is 0.667. The monoisotopic (exact) mass is 558 g/mol. The number of aliphatic hydroxyl groups is 1. The zero-order valence-corrected chi connectivity index (χ0v) is 21.6. The number of aliphatic hydroxyl groups excluding tert-OH is 1. The molecule has 2 saturated heterocycles. The van der Waals surface area contributed by atoms with Crippen molar-refractivity contribution in [3.05, 3.63) is 35.9 Å². The fourth-order valence-corrected chi connectivity index (χ4v) is 4.51. The van der Waals surface area contributed by atoms with Crippen LogP contribution in [0.4, 0.5) is 0 Å². The van der Waals surface area contributed by atoms with Crippen LogP contribution in [0.3, 0.4) is 0 Å². The molecule has 0 radical (unpaired) electrons. The van der Waals surface area contributed by atoms with Crippen LogP contribution < -0.4 is 10.6 Å². The van der Waals surface area contributed by atoms with Crippen LogP contribution in [0.15, 0.2) is 35.3 Å². The quantitative estimate of drug-likeness (QED) is 0.246. The minimum Gasteiger partial charge on any atom is -0.396 e. The Hall–Kier alpha value is -1.39. The van der Waals surface area contributed by atoms with Gasteiger partial charge in [-0.1, -0.05) is 30.3 Å². The average Bonchev–Trinajstić information content (AvgIpc) is 3.26. The van der Waals surface area contributed by atoms with Gasteiger partial charge in [-0.15, -0.1) is 24.0 Å². The number of amides is 1. The highest BCUT2D eigenvalue weighted by molar-refractivity contribution is 14.0. The van der Waals surface area contributed by atoms with Crippen LogP contribution in [0.25, 0.3) is 0 Å². The number of likely N-dealkylation sites (tertiary alicyclic amines) is 1. The molecule has 2 heterocycles. The molecule has 3 N–H and O–H groups in total. The highest BCUT2D eigenvalue weighted by Crippen LogP contribution is 2.31. The second kappa shape index (κ2) is 14.0. The zero-order valence-electron chi connectivity index (χ0n) is 19.2. The normalized spacial score (nSPS) is 21.8. The highest BCUT2D eigenvalue weighted by atomic mass is 127. The number of ether oxygens (including phenoxy) is 1. The number of benzene rings is 1. The largest absolute Gasteiger partial charge is 0.396 e. The van der Waals surface area contributed by atoms with E-state index in [1.807, 2.05) is 11.8 Å². The van der Waals surface area contributed by atoms with Gasteiger partial charge in [0, 0.05) is 44.8 Å². The van der Waals surface area contributed by atoms with E-state index >= 15 is 0 Å². The first-order valence-electron chi connectivity index (χ1n) is 11.7. The fourth-order valence-electron chi connectivity index (χ4n) is 4.51. The van der Waals surface area contributed by atoms with Crippen molar-refractivity contribution in [1.82, 2.24) is 15.5 Å². The molecule has 2 aliphatic heterocycles. The van der Waals surface area contributed by atoms with E-state index < -0.39 is 0 Å². The van der Waals surface area contributed by atoms with Gasteiger partial charge in [0.25, 0.3) is 0 Å². The van der Waals surface area contributed by atoms with E-state index in [0.29, 0.717) is 31.4 Å². The molecule has 1 aromatic carbocycles. The van der Waals surface area contributed by atoms with E-state index in [4.69, 9.17) is 4.74 Å². The van der Waals surface area contributed by atoms with Crippen LogP contribution in [-0.2, 0) is 16.0 Å². The summed E-state index contributed by atoms with van der Waals surface area (Å²) in [5, 5.41) is 16.0. The van der Waals surface area contributed by atoms with Crippen molar-refractivity contribution in [1.29, 1.82) is 0 Å². The molecule has 2 aliphatic rings. The Kier molecular flexibility index (Phi) is 11.7. The maximum absolute atomic E-state index is 12.7. The Morgan fingerprint density at radius 2 is 2.00 bits per heavy atom. The first-order valence-corrected chi connectivity index (χ1v) is 11.7. The Labute approximate surface area is 209 Å². The van der Waals surface area contributed by atoms with Crippen molar-refractivity contribution in [2.24, 2.45) is 16.3 Å². The topological polar surface area (TPSA) is 86.2 Å². The maximum atomic E-state index is 12.7. The molecule has 1 aromatic rings. The van der Waals surface area contributed by atoms with E-state index in [-0.39, 0.29) is 48.5 Å². The summed E-state index contributed by atoms with van der Waals surface area (Å²) in [5.41, 5.74) is 1.32. The molecule has 0 saturated carbocycles. The summed E-state index contributed by atoms with van der Waals surface area (Å²) >= 11 is 0. The van der Waals surface area contributed by atoms with Crippen molar-refractivity contribution in [3.8, 4) is 0 Å². The standard InChI is InChI=1S/C24H38N4O3.HI/c1-2-25-23(27-18-24(10-14-29)11-15-31-19-24)26-17-22(30)28-12-8-21(9-13-28)16-20-6-4-3-5-7-20;/h3-7,21,29H,2,8-19H2,1H3,(H2,25,26,27);1H.